The van der Waals surface area contributed by atoms with Crippen molar-refractivity contribution in [1.29, 1.82) is 5.26 Å². The zero-order chi connectivity index (χ0) is 16.5. The normalized spacial score (nSPS) is 10.8. The summed E-state index contributed by atoms with van der Waals surface area (Å²) in [5, 5.41) is 11.8. The van der Waals surface area contributed by atoms with Gasteiger partial charge < -0.3 is 19.5 Å². The van der Waals surface area contributed by atoms with Gasteiger partial charge in [-0.15, -0.1) is 0 Å². The van der Waals surface area contributed by atoms with Crippen molar-refractivity contribution in [1.82, 2.24) is 0 Å². The lowest BCUT2D eigenvalue weighted by Crippen LogP contribution is -2.08. The summed E-state index contributed by atoms with van der Waals surface area (Å²) in [7, 11) is 1.56. The number of ether oxygens (including phenoxy) is 3. The van der Waals surface area contributed by atoms with Crippen LogP contribution >= 0.6 is 0 Å². The van der Waals surface area contributed by atoms with Crippen LogP contribution in [0.15, 0.2) is 30.0 Å². The molecule has 6 nitrogen and oxygen atoms in total. The minimum absolute atomic E-state index is 0.00565. The summed E-state index contributed by atoms with van der Waals surface area (Å²) < 4.78 is 15.7. The molecule has 0 fully saturated rings. The van der Waals surface area contributed by atoms with Crippen molar-refractivity contribution in [3.63, 3.8) is 0 Å². The molecule has 0 spiro atoms. The number of anilines is 1. The molecule has 0 aliphatic rings. The summed E-state index contributed by atoms with van der Waals surface area (Å²) >= 11 is 0. The molecule has 0 saturated heterocycles. The number of nitrogens with one attached hydrogen (secondary N) is 1. The number of esters is 1. The van der Waals surface area contributed by atoms with E-state index >= 15 is 0 Å². The van der Waals surface area contributed by atoms with Crippen LogP contribution in [0.25, 0.3) is 0 Å². The summed E-state index contributed by atoms with van der Waals surface area (Å²) in [6, 6.07) is 7.02. The van der Waals surface area contributed by atoms with Gasteiger partial charge in [-0.25, -0.2) is 4.79 Å². The number of rotatable bonds is 7. The van der Waals surface area contributed by atoms with Gasteiger partial charge in [0.15, 0.2) is 17.1 Å². The molecule has 0 aromatic heterocycles. The minimum Gasteiger partial charge on any atom is -0.493 e. The summed E-state index contributed by atoms with van der Waals surface area (Å²) in [6.07, 6.45) is 1.30. The Bertz CT molecular complexity index is 588. The molecule has 118 valence electrons. The summed E-state index contributed by atoms with van der Waals surface area (Å²) in [4.78, 5) is 11.5. The van der Waals surface area contributed by atoms with Gasteiger partial charge in [0, 0.05) is 18.0 Å². The zero-order valence-electron chi connectivity index (χ0n) is 13.2. The smallest absolute Gasteiger partial charge is 0.350 e. The van der Waals surface area contributed by atoms with Gasteiger partial charge in [0.05, 0.1) is 19.8 Å². The van der Waals surface area contributed by atoms with Gasteiger partial charge in [0.25, 0.3) is 0 Å². The fourth-order valence-electron chi connectivity index (χ4n) is 1.61. The highest BCUT2D eigenvalue weighted by Gasteiger charge is 2.10. The standard InChI is InChI=1S/C16H20N2O4/c1-5-21-16(19)12(9-17)10-18-13-6-7-14(20-4)15(8-13)22-11(2)3/h6-8,10-11,18H,5H2,1-4H3/b12-10-. The van der Waals surface area contributed by atoms with Gasteiger partial charge in [-0.3, -0.25) is 0 Å². The molecular weight excluding hydrogens is 284 g/mol. The van der Waals surface area contributed by atoms with Gasteiger partial charge in [-0.2, -0.15) is 5.26 Å². The van der Waals surface area contributed by atoms with Crippen LogP contribution in [0, 0.1) is 11.3 Å². The van der Waals surface area contributed by atoms with Crippen LogP contribution in [0.3, 0.4) is 0 Å². The summed E-state index contributed by atoms with van der Waals surface area (Å²) in [6.45, 7) is 5.72. The van der Waals surface area contributed by atoms with Crippen molar-refractivity contribution in [3.8, 4) is 17.6 Å². The number of carbonyl (C=O) groups is 1. The van der Waals surface area contributed by atoms with E-state index in [1.54, 1.807) is 38.3 Å². The maximum absolute atomic E-state index is 11.5. The predicted molar refractivity (Wildman–Crippen MR) is 82.7 cm³/mol. The van der Waals surface area contributed by atoms with E-state index in [1.165, 1.54) is 6.20 Å². The van der Waals surface area contributed by atoms with Gasteiger partial charge in [-0.1, -0.05) is 0 Å². The fraction of sp³-hybridized carbons (Fsp3) is 0.375. The number of hydrogen-bond donors (Lipinski definition) is 1. The number of hydrogen-bond acceptors (Lipinski definition) is 6. The highest BCUT2D eigenvalue weighted by atomic mass is 16.5. The molecule has 0 aliphatic carbocycles. The van der Waals surface area contributed by atoms with E-state index in [4.69, 9.17) is 19.5 Å². The monoisotopic (exact) mass is 304 g/mol. The number of nitrogens with zero attached hydrogens (tertiary/aromatic N) is 1. The molecule has 0 saturated carbocycles. The van der Waals surface area contributed by atoms with Crippen molar-refractivity contribution in [2.45, 2.75) is 26.9 Å². The van der Waals surface area contributed by atoms with Crippen molar-refractivity contribution >= 4 is 11.7 Å². The quantitative estimate of drug-likeness (QED) is 0.474. The number of carbonyl (C=O) groups excluding carboxylic acids is 1. The molecule has 0 bridgehead atoms. The molecular formula is C16H20N2O4. The molecule has 1 aromatic rings. The molecule has 0 unspecified atom stereocenters. The molecule has 0 atom stereocenters. The second-order valence-electron chi connectivity index (χ2n) is 4.57. The third-order valence-corrected chi connectivity index (χ3v) is 2.53. The Hall–Kier alpha value is -2.68. The first kappa shape index (κ1) is 17.4. The summed E-state index contributed by atoms with van der Waals surface area (Å²) in [5.41, 5.74) is 0.553. The molecule has 0 amide bonds. The lowest BCUT2D eigenvalue weighted by molar-refractivity contribution is -0.138. The van der Waals surface area contributed by atoms with Crippen LogP contribution in [0.5, 0.6) is 11.5 Å². The highest BCUT2D eigenvalue weighted by molar-refractivity contribution is 5.93. The highest BCUT2D eigenvalue weighted by Crippen LogP contribution is 2.31. The van der Waals surface area contributed by atoms with Crippen LogP contribution in [0.1, 0.15) is 20.8 Å². The van der Waals surface area contributed by atoms with E-state index < -0.39 is 5.97 Å². The molecule has 1 rings (SSSR count). The van der Waals surface area contributed by atoms with E-state index in [0.717, 1.165) is 0 Å². The molecule has 0 aliphatic heterocycles. The lowest BCUT2D eigenvalue weighted by atomic mass is 10.2. The van der Waals surface area contributed by atoms with Crippen molar-refractivity contribution < 1.29 is 19.0 Å². The lowest BCUT2D eigenvalue weighted by Gasteiger charge is -2.14. The van der Waals surface area contributed by atoms with Gasteiger partial charge in [0.2, 0.25) is 0 Å². The Morgan fingerprint density at radius 1 is 1.41 bits per heavy atom. The molecule has 22 heavy (non-hydrogen) atoms. The van der Waals surface area contributed by atoms with Crippen LogP contribution in [0.4, 0.5) is 5.69 Å². The van der Waals surface area contributed by atoms with E-state index in [1.807, 2.05) is 13.8 Å². The van der Waals surface area contributed by atoms with Crippen molar-refractivity contribution in [3.05, 3.63) is 30.0 Å². The first-order valence-corrected chi connectivity index (χ1v) is 6.90. The molecule has 1 aromatic carbocycles. The number of methoxy groups -OCH3 is 1. The maximum Gasteiger partial charge on any atom is 0.350 e. The second-order valence-corrected chi connectivity index (χ2v) is 4.57. The molecule has 6 heteroatoms. The third-order valence-electron chi connectivity index (χ3n) is 2.53. The second kappa shape index (κ2) is 8.57. The first-order valence-electron chi connectivity index (χ1n) is 6.90. The molecule has 0 heterocycles. The fourth-order valence-corrected chi connectivity index (χ4v) is 1.61. The van der Waals surface area contributed by atoms with E-state index in [0.29, 0.717) is 17.2 Å². The van der Waals surface area contributed by atoms with E-state index in [2.05, 4.69) is 5.32 Å². The largest absolute Gasteiger partial charge is 0.493 e. The van der Waals surface area contributed by atoms with Crippen LogP contribution in [-0.2, 0) is 9.53 Å². The van der Waals surface area contributed by atoms with Crippen LogP contribution < -0.4 is 14.8 Å². The zero-order valence-corrected chi connectivity index (χ0v) is 13.2. The Balaban J connectivity index is 2.94. The first-order chi connectivity index (χ1) is 10.5. The Kier molecular flexibility index (Phi) is 6.77. The van der Waals surface area contributed by atoms with Crippen molar-refractivity contribution in [2.75, 3.05) is 19.0 Å². The number of benzene rings is 1. The SMILES string of the molecule is CCOC(=O)/C(C#N)=C\Nc1ccc(OC)c(OC(C)C)c1. The van der Waals surface area contributed by atoms with Crippen LogP contribution in [-0.4, -0.2) is 25.8 Å². The molecule has 0 radical (unpaired) electrons. The maximum atomic E-state index is 11.5. The summed E-state index contributed by atoms with van der Waals surface area (Å²) in [5.74, 6) is 0.518. The van der Waals surface area contributed by atoms with Gasteiger partial charge >= 0.3 is 5.97 Å². The Labute approximate surface area is 130 Å². The third kappa shape index (κ3) is 5.02. The van der Waals surface area contributed by atoms with Gasteiger partial charge in [-0.05, 0) is 32.9 Å². The minimum atomic E-state index is -0.662. The van der Waals surface area contributed by atoms with Gasteiger partial charge in [0.1, 0.15) is 6.07 Å². The topological polar surface area (TPSA) is 80.6 Å². The van der Waals surface area contributed by atoms with E-state index in [9.17, 15) is 4.79 Å². The molecule has 1 N–H and O–H groups in total. The Morgan fingerprint density at radius 2 is 2.14 bits per heavy atom. The number of nitriles is 1. The van der Waals surface area contributed by atoms with Crippen molar-refractivity contribution in [2.24, 2.45) is 0 Å². The van der Waals surface area contributed by atoms with E-state index in [-0.39, 0.29) is 18.3 Å². The Morgan fingerprint density at radius 3 is 2.68 bits per heavy atom. The predicted octanol–water partition coefficient (Wildman–Crippen LogP) is 2.86. The average molecular weight is 304 g/mol. The van der Waals surface area contributed by atoms with Crippen LogP contribution in [0.2, 0.25) is 0 Å². The average Bonchev–Trinajstić information content (AvgIpc) is 2.48.